The summed E-state index contributed by atoms with van der Waals surface area (Å²) in [5.41, 5.74) is 6.14. The van der Waals surface area contributed by atoms with Crippen molar-refractivity contribution in [2.75, 3.05) is 39.3 Å². The van der Waals surface area contributed by atoms with Gasteiger partial charge in [-0.1, -0.05) is 13.8 Å². The monoisotopic (exact) mass is 267 g/mol. The first-order valence-corrected chi connectivity index (χ1v) is 8.35. The minimum absolute atomic E-state index is 0.377. The first kappa shape index (κ1) is 15.3. The molecule has 2 rings (SSSR count). The van der Waals surface area contributed by atoms with Crippen molar-refractivity contribution in [1.29, 1.82) is 0 Å². The fraction of sp³-hybridized carbons (Fsp3) is 1.00. The Morgan fingerprint density at radius 3 is 2.21 bits per heavy atom. The smallest absolute Gasteiger partial charge is 0.00740 e. The van der Waals surface area contributed by atoms with Gasteiger partial charge in [0.25, 0.3) is 0 Å². The van der Waals surface area contributed by atoms with Crippen LogP contribution in [0.4, 0.5) is 0 Å². The molecule has 0 radical (unpaired) electrons. The molecule has 2 N–H and O–H groups in total. The molecule has 2 aliphatic rings. The number of likely N-dealkylation sites (tertiary alicyclic amines) is 2. The molecule has 3 heteroatoms. The number of rotatable bonds is 6. The second-order valence-corrected chi connectivity index (χ2v) is 6.99. The lowest BCUT2D eigenvalue weighted by molar-refractivity contribution is 0.149. The van der Waals surface area contributed by atoms with E-state index in [1.807, 2.05) is 0 Å². The largest absolute Gasteiger partial charge is 0.327 e. The van der Waals surface area contributed by atoms with E-state index in [-0.39, 0.29) is 0 Å². The van der Waals surface area contributed by atoms with Crippen molar-refractivity contribution < 1.29 is 0 Å². The van der Waals surface area contributed by atoms with Gasteiger partial charge in [0.2, 0.25) is 0 Å². The van der Waals surface area contributed by atoms with Crippen LogP contribution in [0.1, 0.15) is 46.0 Å². The number of hydrogen-bond donors (Lipinski definition) is 1. The number of nitrogens with zero attached hydrogens (tertiary/aromatic N) is 2. The molecule has 2 saturated heterocycles. The van der Waals surface area contributed by atoms with Gasteiger partial charge in [0, 0.05) is 12.6 Å². The van der Waals surface area contributed by atoms with Crippen LogP contribution in [0, 0.1) is 11.8 Å². The van der Waals surface area contributed by atoms with Gasteiger partial charge in [0.05, 0.1) is 0 Å². The Bertz CT molecular complexity index is 240. The summed E-state index contributed by atoms with van der Waals surface area (Å²) in [4.78, 5) is 5.30. The average Bonchev–Trinajstić information content (AvgIpc) is 2.90. The maximum atomic E-state index is 6.14. The summed E-state index contributed by atoms with van der Waals surface area (Å²) in [5, 5.41) is 0. The minimum atomic E-state index is 0.377. The lowest BCUT2D eigenvalue weighted by Crippen LogP contribution is -2.40. The highest BCUT2D eigenvalue weighted by molar-refractivity contribution is 4.78. The zero-order chi connectivity index (χ0) is 13.7. The van der Waals surface area contributed by atoms with Crippen molar-refractivity contribution in [1.82, 2.24) is 9.80 Å². The van der Waals surface area contributed by atoms with Gasteiger partial charge in [-0.2, -0.15) is 0 Å². The molecule has 1 atom stereocenters. The van der Waals surface area contributed by atoms with Gasteiger partial charge in [-0.05, 0) is 76.7 Å². The van der Waals surface area contributed by atoms with Crippen molar-refractivity contribution >= 4 is 0 Å². The molecule has 112 valence electrons. The zero-order valence-electron chi connectivity index (χ0n) is 13.0. The molecule has 0 aromatic rings. The fourth-order valence-corrected chi connectivity index (χ4v) is 3.39. The molecule has 1 unspecified atom stereocenters. The Labute approximate surface area is 119 Å². The molecule has 0 bridgehead atoms. The molecule has 3 nitrogen and oxygen atoms in total. The van der Waals surface area contributed by atoms with Crippen LogP contribution in [0.2, 0.25) is 0 Å². The summed E-state index contributed by atoms with van der Waals surface area (Å²) in [6, 6.07) is 0.377. The van der Waals surface area contributed by atoms with Crippen molar-refractivity contribution in [3.8, 4) is 0 Å². The normalized spacial score (nSPS) is 25.3. The summed E-state index contributed by atoms with van der Waals surface area (Å²) in [6.07, 6.45) is 6.80. The number of piperidine rings is 1. The average molecular weight is 267 g/mol. The van der Waals surface area contributed by atoms with Crippen LogP contribution < -0.4 is 5.73 Å². The fourth-order valence-electron chi connectivity index (χ4n) is 3.39. The summed E-state index contributed by atoms with van der Waals surface area (Å²) >= 11 is 0. The van der Waals surface area contributed by atoms with E-state index in [0.29, 0.717) is 12.0 Å². The van der Waals surface area contributed by atoms with Crippen LogP contribution in [0.5, 0.6) is 0 Å². The van der Waals surface area contributed by atoms with E-state index in [4.69, 9.17) is 5.73 Å². The second kappa shape index (κ2) is 7.61. The third-order valence-corrected chi connectivity index (χ3v) is 5.06. The van der Waals surface area contributed by atoms with E-state index in [1.54, 1.807) is 0 Å². The second-order valence-electron chi connectivity index (χ2n) is 6.99. The molecule has 0 aliphatic carbocycles. The summed E-state index contributed by atoms with van der Waals surface area (Å²) in [6.45, 7) is 12.3. The van der Waals surface area contributed by atoms with Crippen molar-refractivity contribution in [3.05, 3.63) is 0 Å². The molecule has 19 heavy (non-hydrogen) atoms. The Kier molecular flexibility index (Phi) is 6.11. The zero-order valence-corrected chi connectivity index (χ0v) is 13.0. The molecule has 2 aliphatic heterocycles. The molecule has 2 heterocycles. The van der Waals surface area contributed by atoms with Gasteiger partial charge < -0.3 is 15.5 Å². The predicted molar refractivity (Wildman–Crippen MR) is 82.3 cm³/mol. The third kappa shape index (κ3) is 5.05. The van der Waals surface area contributed by atoms with E-state index in [9.17, 15) is 0 Å². The Morgan fingerprint density at radius 2 is 1.63 bits per heavy atom. The summed E-state index contributed by atoms with van der Waals surface area (Å²) in [5.74, 6) is 1.57. The van der Waals surface area contributed by atoms with Gasteiger partial charge in [0.1, 0.15) is 0 Å². The van der Waals surface area contributed by atoms with E-state index in [2.05, 4.69) is 23.6 Å². The van der Waals surface area contributed by atoms with Crippen molar-refractivity contribution in [2.45, 2.75) is 52.0 Å². The van der Waals surface area contributed by atoms with Crippen LogP contribution >= 0.6 is 0 Å². The molecule has 0 spiro atoms. The van der Waals surface area contributed by atoms with E-state index in [1.165, 1.54) is 65.0 Å². The molecule has 2 fully saturated rings. The van der Waals surface area contributed by atoms with Crippen molar-refractivity contribution in [2.24, 2.45) is 17.6 Å². The van der Waals surface area contributed by atoms with E-state index >= 15 is 0 Å². The predicted octanol–water partition coefficient (Wildman–Crippen LogP) is 2.17. The van der Waals surface area contributed by atoms with Crippen LogP contribution in [0.25, 0.3) is 0 Å². The van der Waals surface area contributed by atoms with E-state index in [0.717, 1.165) is 12.3 Å². The van der Waals surface area contributed by atoms with Crippen LogP contribution in [-0.2, 0) is 0 Å². The first-order valence-electron chi connectivity index (χ1n) is 8.35. The van der Waals surface area contributed by atoms with Gasteiger partial charge >= 0.3 is 0 Å². The summed E-state index contributed by atoms with van der Waals surface area (Å²) < 4.78 is 0. The summed E-state index contributed by atoms with van der Waals surface area (Å²) in [7, 11) is 0. The highest BCUT2D eigenvalue weighted by Crippen LogP contribution is 2.21. The molecule has 0 aromatic carbocycles. The Balaban J connectivity index is 1.59. The number of nitrogens with two attached hydrogens (primary N) is 1. The SMILES string of the molecule is CC(C)C(N)CCN1CCC(CN2CCCC2)CC1. The minimum Gasteiger partial charge on any atom is -0.327 e. The van der Waals surface area contributed by atoms with Gasteiger partial charge in [0.15, 0.2) is 0 Å². The van der Waals surface area contributed by atoms with E-state index < -0.39 is 0 Å². The maximum absolute atomic E-state index is 6.14. The molecular formula is C16H33N3. The lowest BCUT2D eigenvalue weighted by atomic mass is 9.95. The first-order chi connectivity index (χ1) is 9.15. The molecule has 0 saturated carbocycles. The van der Waals surface area contributed by atoms with Crippen LogP contribution in [0.15, 0.2) is 0 Å². The van der Waals surface area contributed by atoms with Crippen LogP contribution in [0.3, 0.4) is 0 Å². The standard InChI is InChI=1S/C16H33N3/c1-14(2)16(17)7-12-18-10-5-15(6-11-18)13-19-8-3-4-9-19/h14-16H,3-13,17H2,1-2H3. The Morgan fingerprint density at radius 1 is 1.00 bits per heavy atom. The van der Waals surface area contributed by atoms with Gasteiger partial charge in [-0.3, -0.25) is 0 Å². The van der Waals surface area contributed by atoms with Gasteiger partial charge in [-0.15, -0.1) is 0 Å². The maximum Gasteiger partial charge on any atom is 0.00740 e. The van der Waals surface area contributed by atoms with Gasteiger partial charge in [-0.25, -0.2) is 0 Å². The number of hydrogen-bond acceptors (Lipinski definition) is 3. The molecular weight excluding hydrogens is 234 g/mol. The highest BCUT2D eigenvalue weighted by atomic mass is 15.2. The van der Waals surface area contributed by atoms with Crippen LogP contribution in [-0.4, -0.2) is 55.1 Å². The quantitative estimate of drug-likeness (QED) is 0.800. The molecule has 0 aromatic heterocycles. The highest BCUT2D eigenvalue weighted by Gasteiger charge is 2.23. The Hall–Kier alpha value is -0.120. The molecule has 0 amide bonds. The van der Waals surface area contributed by atoms with Crippen molar-refractivity contribution in [3.63, 3.8) is 0 Å². The lowest BCUT2D eigenvalue weighted by Gasteiger charge is -2.34. The topological polar surface area (TPSA) is 32.5 Å². The third-order valence-electron chi connectivity index (χ3n) is 5.06.